The number of nitrogens with zero attached hydrogens (tertiary/aromatic N) is 1. The molecule has 1 rings (SSSR count). The van der Waals surface area contributed by atoms with Gasteiger partial charge in [-0.25, -0.2) is 0 Å². The Hall–Kier alpha value is -0.610. The molecular formula is C12H24N2O2. The SMILES string of the molecule is CCCC(C)(N)C(=O)N1CCC(C(C)O)C1. The van der Waals surface area contributed by atoms with Crippen molar-refractivity contribution < 1.29 is 9.90 Å². The minimum absolute atomic E-state index is 0.0255. The van der Waals surface area contributed by atoms with E-state index in [-0.39, 0.29) is 17.9 Å². The van der Waals surface area contributed by atoms with Gasteiger partial charge in [-0.3, -0.25) is 4.79 Å². The number of amides is 1. The average molecular weight is 228 g/mol. The molecule has 0 bridgehead atoms. The molecule has 0 aromatic rings. The molecule has 4 heteroatoms. The third-order valence-electron chi connectivity index (χ3n) is 3.45. The van der Waals surface area contributed by atoms with E-state index in [1.54, 1.807) is 18.7 Å². The van der Waals surface area contributed by atoms with E-state index in [0.29, 0.717) is 13.0 Å². The van der Waals surface area contributed by atoms with Crippen LogP contribution < -0.4 is 5.73 Å². The number of carbonyl (C=O) groups is 1. The lowest BCUT2D eigenvalue weighted by Crippen LogP contribution is -2.52. The minimum Gasteiger partial charge on any atom is -0.393 e. The third-order valence-corrected chi connectivity index (χ3v) is 3.45. The molecule has 0 aromatic heterocycles. The number of aliphatic hydroxyl groups is 1. The molecule has 0 saturated carbocycles. The van der Waals surface area contributed by atoms with Gasteiger partial charge in [0.1, 0.15) is 0 Å². The van der Waals surface area contributed by atoms with Crippen LogP contribution in [0.2, 0.25) is 0 Å². The van der Waals surface area contributed by atoms with Crippen LogP contribution in [0, 0.1) is 5.92 Å². The Morgan fingerprint density at radius 3 is 2.75 bits per heavy atom. The molecule has 3 N–H and O–H groups in total. The van der Waals surface area contributed by atoms with E-state index >= 15 is 0 Å². The van der Waals surface area contributed by atoms with Crippen LogP contribution >= 0.6 is 0 Å². The summed E-state index contributed by atoms with van der Waals surface area (Å²) in [5.41, 5.74) is 5.27. The van der Waals surface area contributed by atoms with E-state index in [1.807, 2.05) is 6.92 Å². The van der Waals surface area contributed by atoms with Crippen LogP contribution in [-0.4, -0.2) is 40.6 Å². The van der Waals surface area contributed by atoms with Gasteiger partial charge in [-0.15, -0.1) is 0 Å². The van der Waals surface area contributed by atoms with Crippen molar-refractivity contribution in [3.63, 3.8) is 0 Å². The van der Waals surface area contributed by atoms with Gasteiger partial charge in [-0.1, -0.05) is 13.3 Å². The maximum Gasteiger partial charge on any atom is 0.242 e. The molecule has 0 aromatic carbocycles. The molecule has 3 unspecified atom stereocenters. The topological polar surface area (TPSA) is 66.6 Å². The summed E-state index contributed by atoms with van der Waals surface area (Å²) < 4.78 is 0. The van der Waals surface area contributed by atoms with Crippen molar-refractivity contribution in [1.82, 2.24) is 4.90 Å². The molecule has 94 valence electrons. The van der Waals surface area contributed by atoms with Gasteiger partial charge in [0, 0.05) is 19.0 Å². The Bertz CT molecular complexity index is 251. The number of nitrogens with two attached hydrogens (primary N) is 1. The van der Waals surface area contributed by atoms with Gasteiger partial charge in [0.2, 0.25) is 5.91 Å². The summed E-state index contributed by atoms with van der Waals surface area (Å²) in [6, 6.07) is 0. The molecule has 4 nitrogen and oxygen atoms in total. The Labute approximate surface area is 97.8 Å². The molecule has 3 atom stereocenters. The highest BCUT2D eigenvalue weighted by Gasteiger charge is 2.36. The second-order valence-electron chi connectivity index (χ2n) is 5.21. The second kappa shape index (κ2) is 5.15. The molecule has 1 aliphatic rings. The molecular weight excluding hydrogens is 204 g/mol. The summed E-state index contributed by atoms with van der Waals surface area (Å²) in [6.07, 6.45) is 2.16. The first kappa shape index (κ1) is 13.5. The summed E-state index contributed by atoms with van der Waals surface area (Å²) in [5.74, 6) is 0.235. The van der Waals surface area contributed by atoms with Crippen LogP contribution in [0.3, 0.4) is 0 Å². The fourth-order valence-corrected chi connectivity index (χ4v) is 2.35. The van der Waals surface area contributed by atoms with Crippen molar-refractivity contribution in [2.24, 2.45) is 11.7 Å². The van der Waals surface area contributed by atoms with Crippen LogP contribution in [0.4, 0.5) is 0 Å². The smallest absolute Gasteiger partial charge is 0.242 e. The van der Waals surface area contributed by atoms with E-state index in [4.69, 9.17) is 5.73 Å². The van der Waals surface area contributed by atoms with E-state index in [1.165, 1.54) is 0 Å². The predicted octanol–water partition coefficient (Wildman–Crippen LogP) is 0.733. The van der Waals surface area contributed by atoms with Crippen molar-refractivity contribution in [2.45, 2.75) is 51.7 Å². The van der Waals surface area contributed by atoms with Gasteiger partial charge >= 0.3 is 0 Å². The van der Waals surface area contributed by atoms with Crippen LogP contribution in [0.1, 0.15) is 40.0 Å². The Balaban J connectivity index is 2.57. The van der Waals surface area contributed by atoms with Gasteiger partial charge in [-0.2, -0.15) is 0 Å². The fraction of sp³-hybridized carbons (Fsp3) is 0.917. The van der Waals surface area contributed by atoms with Crippen LogP contribution in [0.5, 0.6) is 0 Å². The number of carbonyl (C=O) groups excluding carboxylic acids is 1. The quantitative estimate of drug-likeness (QED) is 0.745. The minimum atomic E-state index is -0.748. The first-order chi connectivity index (χ1) is 7.38. The normalized spacial score (nSPS) is 26.6. The van der Waals surface area contributed by atoms with Crippen LogP contribution in [0.15, 0.2) is 0 Å². The molecule has 0 radical (unpaired) electrons. The van der Waals surface area contributed by atoms with Crippen LogP contribution in [-0.2, 0) is 4.79 Å². The lowest BCUT2D eigenvalue weighted by atomic mass is 9.96. The van der Waals surface area contributed by atoms with Gasteiger partial charge in [0.05, 0.1) is 11.6 Å². The van der Waals surface area contributed by atoms with Crippen molar-refractivity contribution in [2.75, 3.05) is 13.1 Å². The number of hydrogen-bond acceptors (Lipinski definition) is 3. The molecule has 0 spiro atoms. The Morgan fingerprint density at radius 1 is 1.69 bits per heavy atom. The largest absolute Gasteiger partial charge is 0.393 e. The van der Waals surface area contributed by atoms with E-state index in [9.17, 15) is 9.90 Å². The Kier molecular flexibility index (Phi) is 4.33. The molecule has 0 aliphatic carbocycles. The standard InChI is InChI=1S/C12H24N2O2/c1-4-6-12(3,13)11(16)14-7-5-10(8-14)9(2)15/h9-10,15H,4-8,13H2,1-3H3. The number of rotatable bonds is 4. The molecule has 1 amide bonds. The number of aliphatic hydroxyl groups excluding tert-OH is 1. The van der Waals surface area contributed by atoms with Crippen LogP contribution in [0.25, 0.3) is 0 Å². The summed E-state index contributed by atoms with van der Waals surface area (Å²) in [7, 11) is 0. The molecule has 1 fully saturated rings. The van der Waals surface area contributed by atoms with Gasteiger partial charge in [0.25, 0.3) is 0 Å². The van der Waals surface area contributed by atoms with E-state index in [2.05, 4.69) is 0 Å². The van der Waals surface area contributed by atoms with Crippen molar-refractivity contribution in [3.8, 4) is 0 Å². The maximum absolute atomic E-state index is 12.1. The molecule has 16 heavy (non-hydrogen) atoms. The van der Waals surface area contributed by atoms with Gasteiger partial charge in [0.15, 0.2) is 0 Å². The summed E-state index contributed by atoms with van der Waals surface area (Å²) >= 11 is 0. The van der Waals surface area contributed by atoms with Crippen molar-refractivity contribution in [1.29, 1.82) is 0 Å². The maximum atomic E-state index is 12.1. The zero-order chi connectivity index (χ0) is 12.3. The first-order valence-electron chi connectivity index (χ1n) is 6.14. The highest BCUT2D eigenvalue weighted by Crippen LogP contribution is 2.23. The predicted molar refractivity (Wildman–Crippen MR) is 63.9 cm³/mol. The van der Waals surface area contributed by atoms with Crippen molar-refractivity contribution >= 4 is 5.91 Å². The van der Waals surface area contributed by atoms with E-state index < -0.39 is 5.54 Å². The third kappa shape index (κ3) is 2.95. The van der Waals surface area contributed by atoms with E-state index in [0.717, 1.165) is 19.4 Å². The molecule has 1 saturated heterocycles. The fourth-order valence-electron chi connectivity index (χ4n) is 2.35. The summed E-state index contributed by atoms with van der Waals surface area (Å²) in [6.45, 7) is 6.99. The monoisotopic (exact) mass is 228 g/mol. The number of likely N-dealkylation sites (tertiary alicyclic amines) is 1. The molecule has 1 aliphatic heterocycles. The second-order valence-corrected chi connectivity index (χ2v) is 5.21. The van der Waals surface area contributed by atoms with Crippen molar-refractivity contribution in [3.05, 3.63) is 0 Å². The highest BCUT2D eigenvalue weighted by molar-refractivity contribution is 5.85. The summed E-state index contributed by atoms with van der Waals surface area (Å²) in [5, 5.41) is 9.49. The first-order valence-corrected chi connectivity index (χ1v) is 6.14. The lowest BCUT2D eigenvalue weighted by molar-refractivity contribution is -0.135. The lowest BCUT2D eigenvalue weighted by Gasteiger charge is -2.29. The number of hydrogen-bond donors (Lipinski definition) is 2. The Morgan fingerprint density at radius 2 is 2.31 bits per heavy atom. The average Bonchev–Trinajstić information content (AvgIpc) is 2.65. The zero-order valence-electron chi connectivity index (χ0n) is 10.6. The zero-order valence-corrected chi connectivity index (χ0v) is 10.6. The highest BCUT2D eigenvalue weighted by atomic mass is 16.3. The summed E-state index contributed by atoms with van der Waals surface area (Å²) in [4.78, 5) is 13.9. The van der Waals surface area contributed by atoms with Gasteiger partial charge in [-0.05, 0) is 26.7 Å². The van der Waals surface area contributed by atoms with Gasteiger partial charge < -0.3 is 15.7 Å². The molecule has 1 heterocycles.